The van der Waals surface area contributed by atoms with Crippen molar-refractivity contribution in [1.29, 1.82) is 0 Å². The number of carbonyl (C=O) groups is 1. The number of piperidine rings is 2. The lowest BCUT2D eigenvalue weighted by Gasteiger charge is -2.42. The number of β-amino-alcohol motifs (C(OH)–C–C–N with tert-alkyl or cyclic N) is 2. The van der Waals surface area contributed by atoms with Crippen LogP contribution in [0.5, 0.6) is 0 Å². The van der Waals surface area contributed by atoms with Gasteiger partial charge in [-0.1, -0.05) is 6.92 Å². The predicted molar refractivity (Wildman–Crippen MR) is 94.8 cm³/mol. The van der Waals surface area contributed by atoms with Crippen LogP contribution in [-0.4, -0.2) is 134 Å². The van der Waals surface area contributed by atoms with E-state index in [0.717, 1.165) is 6.29 Å². The number of hydrogen-bond donors (Lipinski definition) is 9. The molecule has 0 saturated carbocycles. The number of likely N-dealkylation sites (N-methyl/N-ethyl adjacent to an activating group) is 1. The van der Waals surface area contributed by atoms with Crippen LogP contribution < -0.4 is 5.32 Å². The Morgan fingerprint density at radius 3 is 1.89 bits per heavy atom. The molecule has 0 aromatic rings. The monoisotopic (exact) mass is 398 g/mol. The number of nitrogens with zero attached hydrogens (tertiary/aromatic N) is 1. The van der Waals surface area contributed by atoms with Crippen molar-refractivity contribution in [2.75, 3.05) is 32.8 Å². The van der Waals surface area contributed by atoms with Gasteiger partial charge in [0.25, 0.3) is 0 Å². The van der Waals surface area contributed by atoms with Crippen LogP contribution in [0.4, 0.5) is 0 Å². The van der Waals surface area contributed by atoms with Crippen molar-refractivity contribution in [1.82, 2.24) is 10.2 Å². The van der Waals surface area contributed by atoms with Crippen LogP contribution >= 0.6 is 0 Å². The standard InChI is InChI=1S/C8H17NO4.C6H13NO4.C2H4O/c1-2-9-3-6(11)8(13)7(12)5(9)4-10;8-2-3-5(10)6(11)4(9)1-7-3;1-2-3/h5-8,10-13H,2-4H2,1H3;3-11H,1-2H2;2H,1H3/t5-,6+,7-,8-;3-,4+,5-,6-;/m11./s1. The maximum Gasteiger partial charge on any atom is 0.116 e. The number of hydrogen-bond acceptors (Lipinski definition) is 11. The molecule has 2 aliphatic rings. The molecule has 8 atom stereocenters. The summed E-state index contributed by atoms with van der Waals surface area (Å²) in [7, 11) is 0. The largest absolute Gasteiger partial charge is 0.395 e. The van der Waals surface area contributed by atoms with Crippen LogP contribution in [0.2, 0.25) is 0 Å². The summed E-state index contributed by atoms with van der Waals surface area (Å²) in [4.78, 5) is 10.6. The molecule has 27 heavy (non-hydrogen) atoms. The third-order valence-corrected chi connectivity index (χ3v) is 4.56. The van der Waals surface area contributed by atoms with Gasteiger partial charge in [-0.15, -0.1) is 0 Å². The normalized spacial score (nSPS) is 39.5. The van der Waals surface area contributed by atoms with Crippen LogP contribution in [0.3, 0.4) is 0 Å². The Kier molecular flexibility index (Phi) is 13.1. The Hall–Kier alpha value is -0.730. The van der Waals surface area contributed by atoms with Crippen molar-refractivity contribution in [3.05, 3.63) is 0 Å². The van der Waals surface area contributed by atoms with E-state index < -0.39 is 48.7 Å². The van der Waals surface area contributed by atoms with Gasteiger partial charge < -0.3 is 51.0 Å². The van der Waals surface area contributed by atoms with Gasteiger partial charge >= 0.3 is 0 Å². The molecule has 2 fully saturated rings. The second-order valence-electron chi connectivity index (χ2n) is 6.37. The van der Waals surface area contributed by atoms with Crippen molar-refractivity contribution in [3.8, 4) is 0 Å². The summed E-state index contributed by atoms with van der Waals surface area (Å²) in [6.07, 6.45) is -5.61. The Balaban J connectivity index is 0.000000442. The molecule has 0 radical (unpaired) electrons. The van der Waals surface area contributed by atoms with Crippen molar-refractivity contribution in [2.45, 2.75) is 62.6 Å². The fourth-order valence-corrected chi connectivity index (χ4v) is 2.89. The highest BCUT2D eigenvalue weighted by Gasteiger charge is 2.40. The Morgan fingerprint density at radius 1 is 0.926 bits per heavy atom. The van der Waals surface area contributed by atoms with Crippen molar-refractivity contribution >= 4 is 6.29 Å². The van der Waals surface area contributed by atoms with E-state index >= 15 is 0 Å². The van der Waals surface area contributed by atoms with Gasteiger partial charge in [-0.05, 0) is 13.5 Å². The molecule has 0 spiro atoms. The smallest absolute Gasteiger partial charge is 0.116 e. The summed E-state index contributed by atoms with van der Waals surface area (Å²) < 4.78 is 0. The minimum Gasteiger partial charge on any atom is -0.395 e. The lowest BCUT2D eigenvalue weighted by molar-refractivity contribution is -0.143. The number of nitrogens with one attached hydrogen (secondary N) is 1. The van der Waals surface area contributed by atoms with E-state index in [1.165, 1.54) is 6.92 Å². The zero-order valence-corrected chi connectivity index (χ0v) is 15.7. The summed E-state index contributed by atoms with van der Waals surface area (Å²) in [5, 5.41) is 75.7. The molecule has 9 N–H and O–H groups in total. The van der Waals surface area contributed by atoms with Gasteiger partial charge in [0.2, 0.25) is 0 Å². The first-order valence-corrected chi connectivity index (χ1v) is 8.87. The maximum atomic E-state index is 9.50. The zero-order chi connectivity index (χ0) is 21.1. The van der Waals surface area contributed by atoms with Gasteiger partial charge in [0, 0.05) is 13.1 Å². The summed E-state index contributed by atoms with van der Waals surface area (Å²) in [5.41, 5.74) is 0. The summed E-state index contributed by atoms with van der Waals surface area (Å²) in [6, 6.07) is -1.00. The average Bonchev–Trinajstić information content (AvgIpc) is 2.65. The van der Waals surface area contributed by atoms with Crippen LogP contribution in [0.1, 0.15) is 13.8 Å². The lowest BCUT2D eigenvalue weighted by Crippen LogP contribution is -2.62. The number of aliphatic hydroxyl groups is 8. The van der Waals surface area contributed by atoms with E-state index in [0.29, 0.717) is 13.1 Å². The Labute approximate surface area is 158 Å². The molecule has 162 valence electrons. The minimum absolute atomic E-state index is 0.198. The van der Waals surface area contributed by atoms with Gasteiger partial charge in [0.05, 0.1) is 43.6 Å². The summed E-state index contributed by atoms with van der Waals surface area (Å²) in [5.74, 6) is 0. The minimum atomic E-state index is -1.16. The van der Waals surface area contributed by atoms with E-state index in [1.54, 1.807) is 4.90 Å². The molecule has 0 bridgehead atoms. The molecule has 2 rings (SSSR count). The molecule has 0 aliphatic carbocycles. The van der Waals surface area contributed by atoms with Crippen molar-refractivity contribution < 1.29 is 45.6 Å². The van der Waals surface area contributed by atoms with Gasteiger partial charge in [-0.2, -0.15) is 0 Å². The first kappa shape index (κ1) is 26.3. The quantitative estimate of drug-likeness (QED) is 0.207. The van der Waals surface area contributed by atoms with Crippen LogP contribution in [0.25, 0.3) is 0 Å². The van der Waals surface area contributed by atoms with E-state index in [-0.39, 0.29) is 19.8 Å². The predicted octanol–water partition coefficient (Wildman–Crippen LogP) is -5.00. The van der Waals surface area contributed by atoms with Gasteiger partial charge in [0.1, 0.15) is 24.6 Å². The van der Waals surface area contributed by atoms with Gasteiger partial charge in [-0.25, -0.2) is 0 Å². The molecule has 2 saturated heterocycles. The molecule has 0 unspecified atom stereocenters. The fraction of sp³-hybridized carbons (Fsp3) is 0.938. The molecule has 0 aromatic carbocycles. The van der Waals surface area contributed by atoms with E-state index in [4.69, 9.17) is 25.2 Å². The highest BCUT2D eigenvalue weighted by Crippen LogP contribution is 2.18. The summed E-state index contributed by atoms with van der Waals surface area (Å²) in [6.45, 7) is 3.99. The van der Waals surface area contributed by atoms with E-state index in [1.807, 2.05) is 6.92 Å². The SMILES string of the molecule is CC=O.CCN1C[C@H](O)[C@@H](O)[C@H](O)[C@H]1CO.OC[C@H]1NC[C@H](O)[C@@H](O)[C@@H]1O. The van der Waals surface area contributed by atoms with Crippen LogP contribution in [0.15, 0.2) is 0 Å². The third-order valence-electron chi connectivity index (χ3n) is 4.56. The third kappa shape index (κ3) is 7.66. The molecule has 2 aliphatic heterocycles. The molecular weight excluding hydrogens is 364 g/mol. The van der Waals surface area contributed by atoms with Crippen molar-refractivity contribution in [2.24, 2.45) is 0 Å². The second kappa shape index (κ2) is 13.4. The van der Waals surface area contributed by atoms with E-state index in [9.17, 15) is 20.4 Å². The summed E-state index contributed by atoms with van der Waals surface area (Å²) >= 11 is 0. The average molecular weight is 398 g/mol. The maximum absolute atomic E-state index is 9.50. The molecule has 2 heterocycles. The topological polar surface area (TPSA) is 194 Å². The highest BCUT2D eigenvalue weighted by molar-refractivity contribution is 5.44. The Morgan fingerprint density at radius 2 is 1.44 bits per heavy atom. The highest BCUT2D eigenvalue weighted by atomic mass is 16.4. The molecule has 11 heteroatoms. The first-order chi connectivity index (χ1) is 12.7. The van der Waals surface area contributed by atoms with Gasteiger partial charge in [-0.3, -0.25) is 4.90 Å². The zero-order valence-electron chi connectivity index (χ0n) is 15.7. The van der Waals surface area contributed by atoms with Crippen LogP contribution in [0, 0.1) is 0 Å². The Bertz CT molecular complexity index is 400. The molecule has 11 nitrogen and oxygen atoms in total. The van der Waals surface area contributed by atoms with Crippen molar-refractivity contribution in [3.63, 3.8) is 0 Å². The molecule has 0 amide bonds. The second-order valence-corrected chi connectivity index (χ2v) is 6.37. The first-order valence-electron chi connectivity index (χ1n) is 8.87. The number of aldehydes is 1. The number of rotatable bonds is 3. The molecule has 0 aromatic heterocycles. The van der Waals surface area contributed by atoms with E-state index in [2.05, 4.69) is 5.32 Å². The number of carbonyl (C=O) groups excluding carboxylic acids is 1. The van der Waals surface area contributed by atoms with Gasteiger partial charge in [0.15, 0.2) is 0 Å². The number of likely N-dealkylation sites (tertiary alicyclic amines) is 1. The fourth-order valence-electron chi connectivity index (χ4n) is 2.89. The van der Waals surface area contributed by atoms with Crippen LogP contribution in [-0.2, 0) is 4.79 Å². The lowest BCUT2D eigenvalue weighted by atomic mass is 9.94. The molecular formula is C16H34N2O9. The number of aliphatic hydroxyl groups excluding tert-OH is 8.